The Balaban J connectivity index is 1.76. The average molecular weight is 377 g/mol. The number of aromatic nitrogens is 4. The number of halogens is 3. The maximum absolute atomic E-state index is 15.1. The lowest BCUT2D eigenvalue weighted by molar-refractivity contribution is -0.0498. The Morgan fingerprint density at radius 1 is 1.30 bits per heavy atom. The molecule has 0 aliphatic carbocycles. The summed E-state index contributed by atoms with van der Waals surface area (Å²) in [5.74, 6) is 0.0584. The summed E-state index contributed by atoms with van der Waals surface area (Å²) in [4.78, 5) is 8.61. The summed E-state index contributed by atoms with van der Waals surface area (Å²) in [5.41, 5.74) is 0.512. The molecule has 0 spiro atoms. The molecular formula is C18H18F3N5O. The van der Waals surface area contributed by atoms with E-state index in [1.165, 1.54) is 18.5 Å². The lowest BCUT2D eigenvalue weighted by Crippen LogP contribution is -2.46. The van der Waals surface area contributed by atoms with Crippen LogP contribution in [0.15, 0.2) is 36.7 Å². The van der Waals surface area contributed by atoms with E-state index < -0.39 is 12.3 Å². The molecule has 1 fully saturated rings. The first-order chi connectivity index (χ1) is 12.9. The van der Waals surface area contributed by atoms with Crippen molar-refractivity contribution < 1.29 is 17.9 Å². The third-order valence-electron chi connectivity index (χ3n) is 4.82. The largest absolute Gasteiger partial charge is 0.435 e. The van der Waals surface area contributed by atoms with Gasteiger partial charge in [0.15, 0.2) is 0 Å². The third-order valence-corrected chi connectivity index (χ3v) is 4.82. The average Bonchev–Trinajstić information content (AvgIpc) is 3.09. The lowest BCUT2D eigenvalue weighted by atomic mass is 9.82. The molecule has 27 heavy (non-hydrogen) atoms. The molecule has 3 heterocycles. The summed E-state index contributed by atoms with van der Waals surface area (Å²) in [6, 6.07) is 7.95. The first kappa shape index (κ1) is 17.7. The summed E-state index contributed by atoms with van der Waals surface area (Å²) < 4.78 is 45.7. The minimum Gasteiger partial charge on any atom is -0.435 e. The van der Waals surface area contributed by atoms with E-state index in [4.69, 9.17) is 0 Å². The molecule has 0 amide bonds. The predicted molar refractivity (Wildman–Crippen MR) is 92.6 cm³/mol. The zero-order valence-electron chi connectivity index (χ0n) is 14.6. The van der Waals surface area contributed by atoms with Crippen LogP contribution in [-0.2, 0) is 0 Å². The molecule has 2 atom stereocenters. The summed E-state index contributed by atoms with van der Waals surface area (Å²) in [7, 11) is 0. The molecule has 2 aromatic heterocycles. The number of alkyl halides is 3. The number of nitrogens with one attached hydrogen (secondary N) is 1. The second-order valence-corrected chi connectivity index (χ2v) is 6.74. The molecule has 2 unspecified atom stereocenters. The standard InChI is InChI=1S/C18H18F3N5O/c1-18(21)9-22-7-6-13(18)15-8-14(25-17-23-10-24-26(15)17)11-2-4-12(5-3-11)27-16(19)20/h2-5,8,10,13,16,22H,6-7,9H2,1H3. The molecule has 9 heteroatoms. The van der Waals surface area contributed by atoms with Crippen LogP contribution in [-0.4, -0.2) is 45.0 Å². The second-order valence-electron chi connectivity index (χ2n) is 6.74. The predicted octanol–water partition coefficient (Wildman–Crippen LogP) is 3.20. The summed E-state index contributed by atoms with van der Waals surface area (Å²) in [6.07, 6.45) is 2.00. The van der Waals surface area contributed by atoms with Gasteiger partial charge in [0.25, 0.3) is 5.78 Å². The summed E-state index contributed by atoms with van der Waals surface area (Å²) in [5, 5.41) is 7.27. The minimum atomic E-state index is -2.88. The van der Waals surface area contributed by atoms with Crippen molar-refractivity contribution in [2.75, 3.05) is 13.1 Å². The number of ether oxygens (including phenoxy) is 1. The number of nitrogens with zero attached hydrogens (tertiary/aromatic N) is 4. The number of hydrogen-bond donors (Lipinski definition) is 1. The lowest BCUT2D eigenvalue weighted by Gasteiger charge is -2.35. The molecular weight excluding hydrogens is 359 g/mol. The van der Waals surface area contributed by atoms with Crippen LogP contribution in [0.5, 0.6) is 5.75 Å². The van der Waals surface area contributed by atoms with E-state index in [9.17, 15) is 8.78 Å². The fourth-order valence-electron chi connectivity index (χ4n) is 3.50. The van der Waals surface area contributed by atoms with Gasteiger partial charge in [0.1, 0.15) is 17.7 Å². The van der Waals surface area contributed by atoms with Crippen LogP contribution in [0.3, 0.4) is 0 Å². The highest BCUT2D eigenvalue weighted by Crippen LogP contribution is 2.37. The molecule has 0 bridgehead atoms. The van der Waals surface area contributed by atoms with E-state index in [-0.39, 0.29) is 18.2 Å². The summed E-state index contributed by atoms with van der Waals surface area (Å²) >= 11 is 0. The number of rotatable bonds is 4. The SMILES string of the molecule is CC1(F)CNCCC1c1cc(-c2ccc(OC(F)F)cc2)nc2ncnn12. The first-order valence-corrected chi connectivity index (χ1v) is 8.59. The maximum atomic E-state index is 15.1. The molecule has 1 aliphatic heterocycles. The van der Waals surface area contributed by atoms with Crippen LogP contribution in [0.25, 0.3) is 17.0 Å². The summed E-state index contributed by atoms with van der Waals surface area (Å²) in [6.45, 7) is -0.346. The Morgan fingerprint density at radius 3 is 2.78 bits per heavy atom. The molecule has 1 N–H and O–H groups in total. The third kappa shape index (κ3) is 3.46. The van der Waals surface area contributed by atoms with Crippen molar-refractivity contribution in [1.29, 1.82) is 0 Å². The normalized spacial score (nSPS) is 23.1. The van der Waals surface area contributed by atoms with Gasteiger partial charge in [0, 0.05) is 18.0 Å². The van der Waals surface area contributed by atoms with Crippen LogP contribution >= 0.6 is 0 Å². The Labute approximate surface area is 153 Å². The number of hydrogen-bond acceptors (Lipinski definition) is 5. The molecule has 1 saturated heterocycles. The quantitative estimate of drug-likeness (QED) is 0.757. The molecule has 0 radical (unpaired) electrons. The van der Waals surface area contributed by atoms with Gasteiger partial charge < -0.3 is 10.1 Å². The zero-order valence-corrected chi connectivity index (χ0v) is 14.6. The van der Waals surface area contributed by atoms with Gasteiger partial charge in [-0.15, -0.1) is 0 Å². The van der Waals surface area contributed by atoms with Crippen molar-refractivity contribution in [3.8, 4) is 17.0 Å². The minimum absolute atomic E-state index is 0.0622. The van der Waals surface area contributed by atoms with Gasteiger partial charge in [-0.1, -0.05) is 0 Å². The maximum Gasteiger partial charge on any atom is 0.387 e. The van der Waals surface area contributed by atoms with Crippen LogP contribution in [0, 0.1) is 0 Å². The second kappa shape index (κ2) is 6.80. The number of fused-ring (bicyclic) bond motifs is 1. The highest BCUT2D eigenvalue weighted by Gasteiger charge is 2.39. The number of piperidine rings is 1. The first-order valence-electron chi connectivity index (χ1n) is 8.59. The van der Waals surface area contributed by atoms with E-state index in [0.717, 1.165) is 0 Å². The molecule has 142 valence electrons. The van der Waals surface area contributed by atoms with Crippen LogP contribution in [0.4, 0.5) is 13.2 Å². The van der Waals surface area contributed by atoms with Gasteiger partial charge in [-0.25, -0.2) is 13.9 Å². The highest BCUT2D eigenvalue weighted by atomic mass is 19.3. The molecule has 4 rings (SSSR count). The van der Waals surface area contributed by atoms with Crippen molar-refractivity contribution in [3.05, 3.63) is 42.4 Å². The molecule has 1 aliphatic rings. The van der Waals surface area contributed by atoms with Crippen molar-refractivity contribution >= 4 is 5.78 Å². The monoisotopic (exact) mass is 377 g/mol. The van der Waals surface area contributed by atoms with E-state index in [1.54, 1.807) is 29.6 Å². The number of benzene rings is 1. The Kier molecular flexibility index (Phi) is 4.47. The fraction of sp³-hybridized carbons (Fsp3) is 0.389. The fourth-order valence-corrected chi connectivity index (χ4v) is 3.50. The van der Waals surface area contributed by atoms with Crippen LogP contribution < -0.4 is 10.1 Å². The van der Waals surface area contributed by atoms with Crippen LogP contribution in [0.2, 0.25) is 0 Å². The van der Waals surface area contributed by atoms with Crippen molar-refractivity contribution in [1.82, 2.24) is 24.9 Å². The smallest absolute Gasteiger partial charge is 0.387 e. The molecule has 3 aromatic rings. The van der Waals surface area contributed by atoms with Crippen molar-refractivity contribution in [2.24, 2.45) is 0 Å². The van der Waals surface area contributed by atoms with E-state index >= 15 is 4.39 Å². The van der Waals surface area contributed by atoms with E-state index in [1.807, 2.05) is 0 Å². The Hall–Kier alpha value is -2.68. The van der Waals surface area contributed by atoms with E-state index in [2.05, 4.69) is 25.1 Å². The molecule has 1 aromatic carbocycles. The van der Waals surface area contributed by atoms with Crippen LogP contribution in [0.1, 0.15) is 25.0 Å². The van der Waals surface area contributed by atoms with Gasteiger partial charge in [-0.2, -0.15) is 18.9 Å². The van der Waals surface area contributed by atoms with Gasteiger partial charge in [0.05, 0.1) is 11.4 Å². The van der Waals surface area contributed by atoms with Crippen molar-refractivity contribution in [2.45, 2.75) is 31.5 Å². The van der Waals surface area contributed by atoms with Gasteiger partial charge in [0.2, 0.25) is 0 Å². The molecule has 6 nitrogen and oxygen atoms in total. The van der Waals surface area contributed by atoms with Gasteiger partial charge in [-0.05, 0) is 50.2 Å². The van der Waals surface area contributed by atoms with Crippen molar-refractivity contribution in [3.63, 3.8) is 0 Å². The van der Waals surface area contributed by atoms with Gasteiger partial charge in [-0.3, -0.25) is 0 Å². The Morgan fingerprint density at radius 2 is 2.07 bits per heavy atom. The Bertz CT molecular complexity index is 942. The molecule has 0 saturated carbocycles. The highest BCUT2D eigenvalue weighted by molar-refractivity contribution is 5.62. The zero-order chi connectivity index (χ0) is 19.0. The van der Waals surface area contributed by atoms with Gasteiger partial charge >= 0.3 is 6.61 Å². The topological polar surface area (TPSA) is 64.3 Å². The van der Waals surface area contributed by atoms with E-state index in [0.29, 0.717) is 35.7 Å².